The highest BCUT2D eigenvalue weighted by Crippen LogP contribution is 2.38. The van der Waals surface area contributed by atoms with Crippen molar-refractivity contribution in [1.82, 2.24) is 4.90 Å². The maximum Gasteiger partial charge on any atom is 0.119 e. The van der Waals surface area contributed by atoms with E-state index in [4.69, 9.17) is 17.0 Å². The van der Waals surface area contributed by atoms with E-state index in [1.54, 1.807) is 5.37 Å². The lowest BCUT2D eigenvalue weighted by atomic mass is 10.0. The zero-order chi connectivity index (χ0) is 16.4. The van der Waals surface area contributed by atoms with Crippen LogP contribution >= 0.6 is 12.2 Å². The molecule has 0 aliphatic carbocycles. The number of rotatable bonds is 5. The molecule has 3 unspecified atom stereocenters. The number of fused-ring (bicyclic) bond motifs is 2. The first-order valence-electron chi connectivity index (χ1n) is 8.85. The smallest absolute Gasteiger partial charge is 0.119 e. The van der Waals surface area contributed by atoms with Gasteiger partial charge in [-0.3, -0.25) is 4.90 Å². The summed E-state index contributed by atoms with van der Waals surface area (Å²) in [5, 5.41) is 1.70. The van der Waals surface area contributed by atoms with Crippen LogP contribution in [0.5, 0.6) is 5.75 Å². The van der Waals surface area contributed by atoms with Crippen LogP contribution in [-0.4, -0.2) is 28.5 Å². The van der Waals surface area contributed by atoms with Crippen molar-refractivity contribution >= 4 is 17.6 Å². The van der Waals surface area contributed by atoms with Crippen LogP contribution in [0.4, 0.5) is 0 Å². The van der Waals surface area contributed by atoms with Crippen LogP contribution in [0.2, 0.25) is 0 Å². The quantitative estimate of drug-likeness (QED) is 0.739. The summed E-state index contributed by atoms with van der Waals surface area (Å²) in [7, 11) is 0. The van der Waals surface area contributed by atoms with Crippen molar-refractivity contribution in [2.75, 3.05) is 0 Å². The van der Waals surface area contributed by atoms with Gasteiger partial charge >= 0.3 is 0 Å². The van der Waals surface area contributed by atoms with Gasteiger partial charge in [-0.1, -0.05) is 61.1 Å². The number of piperidine rings is 1. The normalized spacial score (nSPS) is 26.2. The third-order valence-corrected chi connectivity index (χ3v) is 5.65. The van der Waals surface area contributed by atoms with Gasteiger partial charge in [-0.05, 0) is 36.1 Å². The molecule has 0 amide bonds. The summed E-state index contributed by atoms with van der Waals surface area (Å²) in [4.78, 5) is 2.68. The monoisotopic (exact) mass is 337 g/mol. The molecule has 0 saturated carbocycles. The van der Waals surface area contributed by atoms with Gasteiger partial charge in [0.1, 0.15) is 11.9 Å². The molecular formula is C21H23NOS. The lowest BCUT2D eigenvalue weighted by Gasteiger charge is -2.35. The van der Waals surface area contributed by atoms with Crippen molar-refractivity contribution in [2.45, 2.75) is 50.4 Å². The minimum atomic E-state index is 0.305. The standard InChI is InChI=1S/C21H23NOS/c24-15-17-9-11-19(12-10-17)23-21-13-18-7-4-8-20(21)22(18)14-16-5-2-1-3-6-16/h1-3,5-6,9-12,15,18,20-21H,4,7-8,13-14H2. The van der Waals surface area contributed by atoms with Gasteiger partial charge in [-0.2, -0.15) is 0 Å². The largest absolute Gasteiger partial charge is 0.489 e. The van der Waals surface area contributed by atoms with E-state index in [0.717, 1.165) is 24.3 Å². The number of hydrogen-bond donors (Lipinski definition) is 0. The summed E-state index contributed by atoms with van der Waals surface area (Å²) in [6.07, 6.45) is 5.31. The van der Waals surface area contributed by atoms with E-state index in [0.29, 0.717) is 18.2 Å². The highest BCUT2D eigenvalue weighted by Gasteiger charge is 2.44. The molecule has 2 aliphatic rings. The Kier molecular flexibility index (Phi) is 4.63. The van der Waals surface area contributed by atoms with E-state index in [2.05, 4.69) is 35.2 Å². The van der Waals surface area contributed by atoms with Gasteiger partial charge in [-0.15, -0.1) is 0 Å². The number of benzene rings is 2. The summed E-state index contributed by atoms with van der Waals surface area (Å²) < 4.78 is 6.37. The van der Waals surface area contributed by atoms with Crippen LogP contribution in [0.1, 0.15) is 36.8 Å². The topological polar surface area (TPSA) is 12.5 Å². The van der Waals surface area contributed by atoms with Gasteiger partial charge in [0.05, 0.1) is 0 Å². The Morgan fingerprint density at radius 3 is 2.58 bits per heavy atom. The van der Waals surface area contributed by atoms with E-state index in [1.165, 1.54) is 24.8 Å². The summed E-state index contributed by atoms with van der Waals surface area (Å²) >= 11 is 4.97. The molecule has 2 nitrogen and oxygen atoms in total. The van der Waals surface area contributed by atoms with Gasteiger partial charge in [0.25, 0.3) is 0 Å². The van der Waals surface area contributed by atoms with Crippen LogP contribution in [0.3, 0.4) is 0 Å². The fraction of sp³-hybridized carbons (Fsp3) is 0.381. The Morgan fingerprint density at radius 2 is 1.83 bits per heavy atom. The average Bonchev–Trinajstić information content (AvgIpc) is 2.81. The molecule has 3 atom stereocenters. The van der Waals surface area contributed by atoms with Crippen LogP contribution in [0, 0.1) is 0 Å². The second kappa shape index (κ2) is 7.04. The molecule has 0 aromatic heterocycles. The summed E-state index contributed by atoms with van der Waals surface area (Å²) in [6.45, 7) is 1.04. The fourth-order valence-electron chi connectivity index (χ4n) is 4.21. The Hall–Kier alpha value is -1.71. The lowest BCUT2D eigenvalue weighted by Crippen LogP contribution is -2.42. The SMILES string of the molecule is S=Cc1ccc(OC2CC3CCCC2N3Cc2ccccc2)cc1. The molecule has 0 N–H and O–H groups in total. The molecular weight excluding hydrogens is 314 g/mol. The average molecular weight is 337 g/mol. The molecule has 2 bridgehead atoms. The maximum absolute atomic E-state index is 6.37. The van der Waals surface area contributed by atoms with E-state index in [-0.39, 0.29) is 0 Å². The molecule has 2 fully saturated rings. The van der Waals surface area contributed by atoms with Crippen molar-refractivity contribution in [1.29, 1.82) is 0 Å². The maximum atomic E-state index is 6.37. The molecule has 24 heavy (non-hydrogen) atoms. The van der Waals surface area contributed by atoms with Gasteiger partial charge in [0.2, 0.25) is 0 Å². The molecule has 2 aromatic carbocycles. The second-order valence-electron chi connectivity index (χ2n) is 6.89. The minimum Gasteiger partial charge on any atom is -0.489 e. The van der Waals surface area contributed by atoms with Crippen LogP contribution in [0.15, 0.2) is 54.6 Å². The van der Waals surface area contributed by atoms with E-state index in [9.17, 15) is 0 Å². The lowest BCUT2D eigenvalue weighted by molar-refractivity contribution is 0.0892. The molecule has 0 spiro atoms. The molecule has 2 aliphatic heterocycles. The Labute approximate surface area is 149 Å². The van der Waals surface area contributed by atoms with Crippen LogP contribution in [-0.2, 0) is 6.54 Å². The molecule has 4 rings (SSSR count). The summed E-state index contributed by atoms with van der Waals surface area (Å²) in [5.74, 6) is 0.966. The number of nitrogens with zero attached hydrogens (tertiary/aromatic N) is 1. The highest BCUT2D eigenvalue weighted by atomic mass is 32.1. The van der Waals surface area contributed by atoms with Crippen molar-refractivity contribution in [3.63, 3.8) is 0 Å². The first-order chi connectivity index (χ1) is 11.8. The second-order valence-corrected chi connectivity index (χ2v) is 7.12. The van der Waals surface area contributed by atoms with Crippen molar-refractivity contribution in [3.8, 4) is 5.75 Å². The van der Waals surface area contributed by atoms with Crippen molar-refractivity contribution in [3.05, 3.63) is 65.7 Å². The third-order valence-electron chi connectivity index (χ3n) is 5.38. The minimum absolute atomic E-state index is 0.305. The predicted octanol–water partition coefficient (Wildman–Crippen LogP) is 4.61. The molecule has 3 heteroatoms. The van der Waals surface area contributed by atoms with Gasteiger partial charge in [0.15, 0.2) is 0 Å². The van der Waals surface area contributed by atoms with Crippen LogP contribution < -0.4 is 4.74 Å². The van der Waals surface area contributed by atoms with Crippen molar-refractivity contribution in [2.24, 2.45) is 0 Å². The van der Waals surface area contributed by atoms with E-state index < -0.39 is 0 Å². The van der Waals surface area contributed by atoms with Gasteiger partial charge in [-0.25, -0.2) is 0 Å². The van der Waals surface area contributed by atoms with E-state index >= 15 is 0 Å². The van der Waals surface area contributed by atoms with Crippen LogP contribution in [0.25, 0.3) is 0 Å². The fourth-order valence-corrected chi connectivity index (χ4v) is 4.37. The zero-order valence-electron chi connectivity index (χ0n) is 13.8. The summed E-state index contributed by atoms with van der Waals surface area (Å²) in [5.41, 5.74) is 2.47. The van der Waals surface area contributed by atoms with E-state index in [1.807, 2.05) is 24.3 Å². The molecule has 2 saturated heterocycles. The zero-order valence-corrected chi connectivity index (χ0v) is 14.6. The van der Waals surface area contributed by atoms with Gasteiger partial charge < -0.3 is 4.74 Å². The summed E-state index contributed by atoms with van der Waals surface area (Å²) in [6, 6.07) is 20.2. The number of hydrogen-bond acceptors (Lipinski definition) is 3. The Bertz CT molecular complexity index is 685. The first kappa shape index (κ1) is 15.8. The Balaban J connectivity index is 1.48. The van der Waals surface area contributed by atoms with Gasteiger partial charge in [0, 0.05) is 30.4 Å². The number of thiocarbonyl (C=S) groups is 1. The molecule has 124 valence electrons. The first-order valence-corrected chi connectivity index (χ1v) is 9.32. The highest BCUT2D eigenvalue weighted by molar-refractivity contribution is 7.79. The molecule has 0 radical (unpaired) electrons. The van der Waals surface area contributed by atoms with Crippen molar-refractivity contribution < 1.29 is 4.74 Å². The molecule has 2 aromatic rings. The molecule has 2 heterocycles. The Morgan fingerprint density at radius 1 is 1.04 bits per heavy atom. The third kappa shape index (κ3) is 3.24. The number of ether oxygens (including phenoxy) is 1. The predicted molar refractivity (Wildman–Crippen MR) is 102 cm³/mol.